The van der Waals surface area contributed by atoms with Crippen LogP contribution >= 0.6 is 0 Å². The third-order valence-corrected chi connectivity index (χ3v) is 4.39. The van der Waals surface area contributed by atoms with E-state index < -0.39 is 0 Å². The number of ether oxygens (including phenoxy) is 1. The second-order valence-corrected chi connectivity index (χ2v) is 5.96. The maximum absolute atomic E-state index is 13.0. The van der Waals surface area contributed by atoms with Gasteiger partial charge in [-0.2, -0.15) is 0 Å². The molecule has 3 aromatic rings. The first-order chi connectivity index (χ1) is 11.6. The summed E-state index contributed by atoms with van der Waals surface area (Å²) in [4.78, 5) is 26.7. The van der Waals surface area contributed by atoms with Crippen LogP contribution in [-0.2, 0) is 4.74 Å². The molecule has 5 nitrogen and oxygen atoms in total. The van der Waals surface area contributed by atoms with Crippen molar-refractivity contribution in [3.8, 4) is 0 Å². The summed E-state index contributed by atoms with van der Waals surface area (Å²) in [6.45, 7) is 3.50. The topological polar surface area (TPSA) is 59.8 Å². The van der Waals surface area contributed by atoms with Crippen LogP contribution in [0.1, 0.15) is 27.8 Å². The van der Waals surface area contributed by atoms with E-state index in [1.807, 2.05) is 36.4 Å². The lowest BCUT2D eigenvalue weighted by Crippen LogP contribution is -2.41. The maximum atomic E-state index is 13.0. The first kappa shape index (κ1) is 14.9. The standard InChI is InChI=1S/C19H17NO4/c1-12(21)18-17(19(22)20-6-8-23-9-7-20)15-10-13-4-2-3-5-14(13)11-16(15)24-18/h2-5,10-11H,6-9H2,1H3. The minimum Gasteiger partial charge on any atom is -0.452 e. The molecule has 0 spiro atoms. The number of ketones is 1. The Kier molecular flexibility index (Phi) is 3.58. The van der Waals surface area contributed by atoms with Crippen LogP contribution in [0.3, 0.4) is 0 Å². The summed E-state index contributed by atoms with van der Waals surface area (Å²) >= 11 is 0. The highest BCUT2D eigenvalue weighted by Gasteiger charge is 2.28. The SMILES string of the molecule is CC(=O)c1oc2cc3ccccc3cc2c1C(=O)N1CCOCC1. The highest BCUT2D eigenvalue weighted by atomic mass is 16.5. The zero-order valence-corrected chi connectivity index (χ0v) is 13.4. The number of carbonyl (C=O) groups excluding carboxylic acids is 2. The Balaban J connectivity index is 1.93. The fraction of sp³-hybridized carbons (Fsp3) is 0.263. The predicted octanol–water partition coefficient (Wildman–Crippen LogP) is 3.26. The van der Waals surface area contributed by atoms with Gasteiger partial charge in [-0.3, -0.25) is 9.59 Å². The van der Waals surface area contributed by atoms with Gasteiger partial charge in [0.15, 0.2) is 11.5 Å². The molecule has 1 aliphatic heterocycles. The maximum Gasteiger partial charge on any atom is 0.258 e. The van der Waals surface area contributed by atoms with Gasteiger partial charge < -0.3 is 14.1 Å². The number of morpholine rings is 1. The van der Waals surface area contributed by atoms with Gasteiger partial charge in [0.1, 0.15) is 5.58 Å². The minimum atomic E-state index is -0.244. The molecule has 122 valence electrons. The average molecular weight is 323 g/mol. The van der Waals surface area contributed by atoms with Gasteiger partial charge >= 0.3 is 0 Å². The van der Waals surface area contributed by atoms with E-state index in [9.17, 15) is 9.59 Å². The molecule has 24 heavy (non-hydrogen) atoms. The Labute approximate surface area is 138 Å². The number of Topliss-reactive ketones (excluding diaryl/α,β-unsaturated/α-hetero) is 1. The van der Waals surface area contributed by atoms with Crippen LogP contribution in [0.5, 0.6) is 0 Å². The molecule has 5 heteroatoms. The molecule has 1 saturated heterocycles. The van der Waals surface area contributed by atoms with Crippen LogP contribution in [-0.4, -0.2) is 42.9 Å². The van der Waals surface area contributed by atoms with Crippen molar-refractivity contribution in [3.05, 3.63) is 47.7 Å². The number of hydrogen-bond donors (Lipinski definition) is 0. The summed E-state index contributed by atoms with van der Waals surface area (Å²) < 4.78 is 11.1. The molecule has 1 fully saturated rings. The van der Waals surface area contributed by atoms with Crippen molar-refractivity contribution in [3.63, 3.8) is 0 Å². The van der Waals surface area contributed by atoms with E-state index in [0.29, 0.717) is 42.8 Å². The van der Waals surface area contributed by atoms with Gasteiger partial charge in [-0.1, -0.05) is 24.3 Å². The van der Waals surface area contributed by atoms with E-state index in [1.54, 1.807) is 4.90 Å². The van der Waals surface area contributed by atoms with E-state index in [-0.39, 0.29) is 17.5 Å². The van der Waals surface area contributed by atoms with Crippen LogP contribution < -0.4 is 0 Å². The van der Waals surface area contributed by atoms with E-state index in [0.717, 1.165) is 10.8 Å². The zero-order valence-electron chi connectivity index (χ0n) is 13.4. The molecule has 0 aliphatic carbocycles. The van der Waals surface area contributed by atoms with Gasteiger partial charge in [-0.25, -0.2) is 0 Å². The highest BCUT2D eigenvalue weighted by Crippen LogP contribution is 2.31. The third-order valence-electron chi connectivity index (χ3n) is 4.39. The zero-order chi connectivity index (χ0) is 16.7. The number of amides is 1. The Hall–Kier alpha value is -2.66. The number of fused-ring (bicyclic) bond motifs is 2. The van der Waals surface area contributed by atoms with E-state index in [2.05, 4.69) is 0 Å². The predicted molar refractivity (Wildman–Crippen MR) is 90.4 cm³/mol. The van der Waals surface area contributed by atoms with Crippen molar-refractivity contribution in [2.24, 2.45) is 0 Å². The molecule has 1 aromatic heterocycles. The molecule has 1 aliphatic rings. The number of nitrogens with zero attached hydrogens (tertiary/aromatic N) is 1. The number of benzene rings is 2. The van der Waals surface area contributed by atoms with Crippen LogP contribution in [0.4, 0.5) is 0 Å². The highest BCUT2D eigenvalue weighted by molar-refractivity contribution is 6.16. The minimum absolute atomic E-state index is 0.136. The van der Waals surface area contributed by atoms with Crippen molar-refractivity contribution in [2.75, 3.05) is 26.3 Å². The molecule has 0 radical (unpaired) electrons. The lowest BCUT2D eigenvalue weighted by atomic mass is 10.0. The van der Waals surface area contributed by atoms with Gasteiger partial charge in [0.2, 0.25) is 0 Å². The summed E-state index contributed by atoms with van der Waals surface area (Å²) in [7, 11) is 0. The summed E-state index contributed by atoms with van der Waals surface area (Å²) in [5, 5.41) is 2.71. The third kappa shape index (κ3) is 2.37. The fourth-order valence-electron chi connectivity index (χ4n) is 3.17. The second-order valence-electron chi connectivity index (χ2n) is 5.96. The number of furan rings is 1. The number of rotatable bonds is 2. The fourth-order valence-corrected chi connectivity index (χ4v) is 3.17. The van der Waals surface area contributed by atoms with Crippen molar-refractivity contribution >= 4 is 33.4 Å². The van der Waals surface area contributed by atoms with Crippen LogP contribution in [0.15, 0.2) is 40.8 Å². The molecule has 2 aromatic carbocycles. The van der Waals surface area contributed by atoms with E-state index in [4.69, 9.17) is 9.15 Å². The van der Waals surface area contributed by atoms with Crippen molar-refractivity contribution < 1.29 is 18.7 Å². The van der Waals surface area contributed by atoms with Crippen LogP contribution in [0.25, 0.3) is 21.7 Å². The van der Waals surface area contributed by atoms with E-state index in [1.165, 1.54) is 6.92 Å². The monoisotopic (exact) mass is 323 g/mol. The molecule has 0 unspecified atom stereocenters. The summed E-state index contributed by atoms with van der Waals surface area (Å²) in [6.07, 6.45) is 0. The first-order valence-corrected chi connectivity index (χ1v) is 7.98. The molecule has 0 bridgehead atoms. The Morgan fingerprint density at radius 3 is 2.38 bits per heavy atom. The van der Waals surface area contributed by atoms with Gasteiger partial charge in [-0.15, -0.1) is 0 Å². The summed E-state index contributed by atoms with van der Waals surface area (Å²) in [6, 6.07) is 11.7. The normalized spacial score (nSPS) is 15.1. The Morgan fingerprint density at radius 1 is 1.04 bits per heavy atom. The lowest BCUT2D eigenvalue weighted by Gasteiger charge is -2.26. The summed E-state index contributed by atoms with van der Waals surface area (Å²) in [5.74, 6) is -0.277. The quantitative estimate of drug-likeness (QED) is 0.679. The van der Waals surface area contributed by atoms with Crippen LogP contribution in [0, 0.1) is 0 Å². The van der Waals surface area contributed by atoms with Gasteiger partial charge in [0.25, 0.3) is 5.91 Å². The largest absolute Gasteiger partial charge is 0.452 e. The Bertz CT molecular complexity index is 951. The molecule has 1 amide bonds. The number of hydrogen-bond acceptors (Lipinski definition) is 4. The van der Waals surface area contributed by atoms with Crippen molar-refractivity contribution in [1.29, 1.82) is 0 Å². The second kappa shape index (κ2) is 5.76. The first-order valence-electron chi connectivity index (χ1n) is 7.98. The van der Waals surface area contributed by atoms with Crippen molar-refractivity contribution in [2.45, 2.75) is 6.92 Å². The number of carbonyl (C=O) groups is 2. The lowest BCUT2D eigenvalue weighted by molar-refractivity contribution is 0.0302. The summed E-state index contributed by atoms with van der Waals surface area (Å²) in [5.41, 5.74) is 0.931. The molecule has 2 heterocycles. The molecule has 0 N–H and O–H groups in total. The molecule has 0 saturated carbocycles. The Morgan fingerprint density at radius 2 is 1.71 bits per heavy atom. The van der Waals surface area contributed by atoms with Gasteiger partial charge in [0, 0.05) is 25.4 Å². The average Bonchev–Trinajstić information content (AvgIpc) is 2.98. The molecular weight excluding hydrogens is 306 g/mol. The van der Waals surface area contributed by atoms with E-state index >= 15 is 0 Å². The van der Waals surface area contributed by atoms with Crippen LogP contribution in [0.2, 0.25) is 0 Å². The van der Waals surface area contributed by atoms with Gasteiger partial charge in [0.05, 0.1) is 18.8 Å². The van der Waals surface area contributed by atoms with Crippen molar-refractivity contribution in [1.82, 2.24) is 4.90 Å². The molecule has 4 rings (SSSR count). The smallest absolute Gasteiger partial charge is 0.258 e. The molecule has 0 atom stereocenters. The molecular formula is C19H17NO4. The van der Waals surface area contributed by atoms with Gasteiger partial charge in [-0.05, 0) is 22.9 Å².